The topological polar surface area (TPSA) is 102 Å². The van der Waals surface area contributed by atoms with Crippen molar-refractivity contribution in [2.45, 2.75) is 25.1 Å². The molecule has 196 valence electrons. The van der Waals surface area contributed by atoms with Crippen LogP contribution in [0.15, 0.2) is 48.7 Å². The molecule has 0 bridgehead atoms. The fourth-order valence-electron chi connectivity index (χ4n) is 4.08. The molecule has 1 atom stereocenters. The normalized spacial score (nSPS) is 14.9. The van der Waals surface area contributed by atoms with Crippen molar-refractivity contribution in [3.63, 3.8) is 0 Å². The van der Waals surface area contributed by atoms with Crippen LogP contribution in [0.4, 0.5) is 36.3 Å². The molecule has 3 aromatic rings. The minimum atomic E-state index is -4.63. The van der Waals surface area contributed by atoms with Crippen molar-refractivity contribution in [1.82, 2.24) is 20.2 Å². The molecule has 2 aromatic carbocycles. The van der Waals surface area contributed by atoms with Crippen molar-refractivity contribution in [2.75, 3.05) is 37.3 Å². The molecule has 0 saturated heterocycles. The van der Waals surface area contributed by atoms with Gasteiger partial charge in [0.1, 0.15) is 5.02 Å². The number of benzene rings is 2. The van der Waals surface area contributed by atoms with Gasteiger partial charge in [0.05, 0.1) is 17.4 Å². The Morgan fingerprint density at radius 1 is 1.14 bits per heavy atom. The Bertz CT molecular complexity index is 1270. The van der Waals surface area contributed by atoms with E-state index in [1.807, 2.05) is 18.2 Å². The van der Waals surface area contributed by atoms with E-state index in [0.29, 0.717) is 48.7 Å². The lowest BCUT2D eigenvalue weighted by Gasteiger charge is -2.24. The van der Waals surface area contributed by atoms with E-state index >= 15 is 0 Å². The van der Waals surface area contributed by atoms with Gasteiger partial charge in [-0.15, -0.1) is 0 Å². The number of halogens is 4. The summed E-state index contributed by atoms with van der Waals surface area (Å²) in [6.45, 7) is 0.389. The number of rotatable bonds is 7. The van der Waals surface area contributed by atoms with Crippen LogP contribution >= 0.6 is 11.6 Å². The zero-order valence-electron chi connectivity index (χ0n) is 19.9. The van der Waals surface area contributed by atoms with Crippen molar-refractivity contribution >= 4 is 40.6 Å². The molecular formula is C25H26ClF3N6O2. The highest BCUT2D eigenvalue weighted by atomic mass is 35.5. The average Bonchev–Trinajstić information content (AvgIpc) is 3.07. The van der Waals surface area contributed by atoms with Crippen LogP contribution in [0.25, 0.3) is 0 Å². The minimum Gasteiger partial charge on any atom is -0.382 e. The number of anilines is 4. The maximum absolute atomic E-state index is 12.7. The van der Waals surface area contributed by atoms with Gasteiger partial charge < -0.3 is 21.1 Å². The third-order valence-electron chi connectivity index (χ3n) is 6.06. The first-order chi connectivity index (χ1) is 17.6. The Morgan fingerprint density at radius 3 is 2.59 bits per heavy atom. The maximum atomic E-state index is 12.7. The summed E-state index contributed by atoms with van der Waals surface area (Å²) in [5.41, 5.74) is 3.71. The molecule has 8 nitrogen and oxygen atoms in total. The second kappa shape index (κ2) is 11.3. The number of para-hydroxylation sites is 1. The largest absolute Gasteiger partial charge is 0.415 e. The van der Waals surface area contributed by atoms with Gasteiger partial charge in [-0.1, -0.05) is 29.8 Å². The Kier molecular flexibility index (Phi) is 8.16. The summed E-state index contributed by atoms with van der Waals surface area (Å²) in [5, 5.41) is 18.5. The molecule has 37 heavy (non-hydrogen) atoms. The summed E-state index contributed by atoms with van der Waals surface area (Å²) in [4.78, 5) is 22.5. The van der Waals surface area contributed by atoms with E-state index < -0.39 is 18.8 Å². The molecule has 4 N–H and O–H groups in total. The van der Waals surface area contributed by atoms with Gasteiger partial charge in [0.2, 0.25) is 5.95 Å². The number of aliphatic hydroxyl groups is 1. The van der Waals surface area contributed by atoms with Gasteiger partial charge in [0, 0.05) is 32.4 Å². The van der Waals surface area contributed by atoms with Crippen LogP contribution in [0, 0.1) is 0 Å². The van der Waals surface area contributed by atoms with E-state index in [4.69, 9.17) is 11.6 Å². The van der Waals surface area contributed by atoms with Crippen LogP contribution in [0.1, 0.15) is 21.5 Å². The zero-order chi connectivity index (χ0) is 26.6. The first kappa shape index (κ1) is 26.6. The number of hydrogen-bond acceptors (Lipinski definition) is 7. The SMILES string of the molecule is CNC(=O)c1ccccc1Nc1nc(Nc2ccc3c(c2)CCN(C[C@@H](O)C(F)(F)F)CC3)ncc1Cl. The molecule has 0 unspecified atom stereocenters. The molecule has 1 amide bonds. The van der Waals surface area contributed by atoms with E-state index in [1.54, 1.807) is 36.2 Å². The van der Waals surface area contributed by atoms with E-state index in [-0.39, 0.29) is 16.9 Å². The second-order valence-electron chi connectivity index (χ2n) is 8.61. The summed E-state index contributed by atoms with van der Waals surface area (Å²) in [6.07, 6.45) is -4.43. The van der Waals surface area contributed by atoms with Gasteiger partial charge in [-0.05, 0) is 48.2 Å². The van der Waals surface area contributed by atoms with Gasteiger partial charge in [-0.2, -0.15) is 18.2 Å². The molecule has 0 spiro atoms. The average molecular weight is 535 g/mol. The number of carbonyl (C=O) groups is 1. The first-order valence-corrected chi connectivity index (χ1v) is 12.0. The van der Waals surface area contributed by atoms with Crippen LogP contribution in [0.3, 0.4) is 0 Å². The third kappa shape index (κ3) is 6.68. The molecular weight excluding hydrogens is 509 g/mol. The molecule has 0 saturated carbocycles. The number of fused-ring (bicyclic) bond motifs is 1. The number of alkyl halides is 3. The molecule has 0 radical (unpaired) electrons. The number of β-amino-alcohol motifs (C(OH)–C–C–N with tert-alkyl or cyclic N) is 1. The molecule has 1 aromatic heterocycles. The molecule has 0 aliphatic carbocycles. The number of aliphatic hydroxyl groups excluding tert-OH is 1. The summed E-state index contributed by atoms with van der Waals surface area (Å²) in [7, 11) is 1.54. The van der Waals surface area contributed by atoms with Crippen molar-refractivity contribution in [2.24, 2.45) is 0 Å². The smallest absolute Gasteiger partial charge is 0.382 e. The van der Waals surface area contributed by atoms with E-state index in [1.165, 1.54) is 6.20 Å². The van der Waals surface area contributed by atoms with Gasteiger partial charge >= 0.3 is 6.18 Å². The van der Waals surface area contributed by atoms with Crippen molar-refractivity contribution in [3.05, 3.63) is 70.4 Å². The number of nitrogens with zero attached hydrogens (tertiary/aromatic N) is 3. The highest BCUT2D eigenvalue weighted by molar-refractivity contribution is 6.33. The van der Waals surface area contributed by atoms with Gasteiger partial charge in [0.25, 0.3) is 5.91 Å². The van der Waals surface area contributed by atoms with Gasteiger partial charge in [0.15, 0.2) is 11.9 Å². The Balaban J connectivity index is 1.47. The number of aromatic nitrogens is 2. The maximum Gasteiger partial charge on any atom is 0.415 e. The van der Waals surface area contributed by atoms with Crippen LogP contribution in [0.5, 0.6) is 0 Å². The number of nitrogens with one attached hydrogen (secondary N) is 3. The summed E-state index contributed by atoms with van der Waals surface area (Å²) < 4.78 is 38.2. The third-order valence-corrected chi connectivity index (χ3v) is 6.34. The van der Waals surface area contributed by atoms with Gasteiger partial charge in [-0.25, -0.2) is 4.98 Å². The monoisotopic (exact) mass is 534 g/mol. The lowest BCUT2D eigenvalue weighted by Crippen LogP contribution is -2.41. The van der Waals surface area contributed by atoms with E-state index in [0.717, 1.165) is 11.1 Å². The van der Waals surface area contributed by atoms with Crippen LogP contribution in [-0.2, 0) is 12.8 Å². The van der Waals surface area contributed by atoms with Crippen molar-refractivity contribution in [3.8, 4) is 0 Å². The Morgan fingerprint density at radius 2 is 1.86 bits per heavy atom. The molecule has 4 rings (SSSR count). The first-order valence-electron chi connectivity index (χ1n) is 11.6. The number of amides is 1. The fraction of sp³-hybridized carbons (Fsp3) is 0.320. The molecule has 1 aliphatic heterocycles. The fourth-order valence-corrected chi connectivity index (χ4v) is 4.21. The molecule has 12 heteroatoms. The summed E-state index contributed by atoms with van der Waals surface area (Å²) >= 11 is 6.30. The van der Waals surface area contributed by atoms with Crippen molar-refractivity contribution in [1.29, 1.82) is 0 Å². The molecule has 0 fully saturated rings. The van der Waals surface area contributed by atoms with E-state index in [9.17, 15) is 23.1 Å². The molecule has 2 heterocycles. The van der Waals surface area contributed by atoms with E-state index in [2.05, 4.69) is 25.9 Å². The lowest BCUT2D eigenvalue weighted by atomic mass is 10.0. The zero-order valence-corrected chi connectivity index (χ0v) is 20.7. The Labute approximate surface area is 216 Å². The Hall–Kier alpha value is -3.41. The minimum absolute atomic E-state index is 0.261. The predicted molar refractivity (Wildman–Crippen MR) is 136 cm³/mol. The highest BCUT2D eigenvalue weighted by Gasteiger charge is 2.39. The van der Waals surface area contributed by atoms with Crippen LogP contribution in [-0.4, -0.2) is 64.8 Å². The van der Waals surface area contributed by atoms with Crippen LogP contribution in [0.2, 0.25) is 5.02 Å². The summed E-state index contributed by atoms with van der Waals surface area (Å²) in [5.74, 6) is 0.319. The lowest BCUT2D eigenvalue weighted by molar-refractivity contribution is -0.208. The van der Waals surface area contributed by atoms with Crippen LogP contribution < -0.4 is 16.0 Å². The second-order valence-corrected chi connectivity index (χ2v) is 9.01. The quantitative estimate of drug-likeness (QED) is 0.358. The highest BCUT2D eigenvalue weighted by Crippen LogP contribution is 2.28. The predicted octanol–water partition coefficient (Wildman–Crippen LogP) is 4.30. The summed E-state index contributed by atoms with van der Waals surface area (Å²) in [6, 6.07) is 12.6. The molecule has 1 aliphatic rings. The van der Waals surface area contributed by atoms with Gasteiger partial charge in [-0.3, -0.25) is 9.69 Å². The van der Waals surface area contributed by atoms with Crippen molar-refractivity contribution < 1.29 is 23.1 Å². The number of hydrogen-bond donors (Lipinski definition) is 4. The number of carbonyl (C=O) groups excluding carboxylic acids is 1. The standard InChI is InChI=1S/C25H26ClF3N6O2/c1-30-23(37)18-4-2-3-5-20(18)33-22-19(26)13-31-24(34-22)32-17-7-6-15-8-10-35(11-9-16(15)12-17)14-21(36)25(27,28)29/h2-7,12-13,21,36H,8-11,14H2,1H3,(H,30,37)(H2,31,32,33,34)/t21-/m1/s1.